The van der Waals surface area contributed by atoms with Gasteiger partial charge in [0.1, 0.15) is 5.75 Å². The van der Waals surface area contributed by atoms with Gasteiger partial charge in [-0.1, -0.05) is 18.2 Å². The van der Waals surface area contributed by atoms with Crippen molar-refractivity contribution < 1.29 is 9.53 Å². The lowest BCUT2D eigenvalue weighted by molar-refractivity contribution is 0.234. The minimum atomic E-state index is -0.0646. The Hall–Kier alpha value is -2.01. The summed E-state index contributed by atoms with van der Waals surface area (Å²) in [6.07, 6.45) is 5.49. The maximum absolute atomic E-state index is 12.5. The van der Waals surface area contributed by atoms with Gasteiger partial charge in [0.15, 0.2) is 0 Å². The Morgan fingerprint density at radius 2 is 2.16 bits per heavy atom. The van der Waals surface area contributed by atoms with Crippen molar-refractivity contribution in [3.63, 3.8) is 0 Å². The molecule has 2 aromatic rings. The molecule has 2 amide bonds. The third-order valence-corrected chi connectivity index (χ3v) is 6.47. The predicted octanol–water partition coefficient (Wildman–Crippen LogP) is 4.17. The highest BCUT2D eigenvalue weighted by atomic mass is 32.1. The van der Waals surface area contributed by atoms with Gasteiger partial charge in [-0.05, 0) is 55.2 Å². The molecule has 1 saturated carbocycles. The Bertz CT molecular complexity index is 767. The first-order valence-corrected chi connectivity index (χ1v) is 9.84. The molecule has 4 rings (SSSR count). The van der Waals surface area contributed by atoms with Crippen LogP contribution in [0, 0.1) is 0 Å². The first-order chi connectivity index (χ1) is 12.2. The standard InChI is InChI=1S/C20H24N2O2S/c1-24-17-7-3-2-5-15(17)20(10-11-20)13-21-19(23)22-16-6-4-8-18-14(16)9-12-25-18/h2-3,5,7,9,12,16H,4,6,8,10-11,13H2,1H3,(H2,21,22,23). The monoisotopic (exact) mass is 356 g/mol. The predicted molar refractivity (Wildman–Crippen MR) is 100 cm³/mol. The highest BCUT2D eigenvalue weighted by Crippen LogP contribution is 2.50. The Kier molecular flexibility index (Phi) is 4.42. The molecule has 2 aliphatic rings. The molecular weight excluding hydrogens is 332 g/mol. The van der Waals surface area contributed by atoms with Crippen molar-refractivity contribution in [3.8, 4) is 5.75 Å². The third kappa shape index (κ3) is 3.25. The van der Waals surface area contributed by atoms with E-state index < -0.39 is 0 Å². The van der Waals surface area contributed by atoms with E-state index in [2.05, 4.69) is 28.1 Å². The van der Waals surface area contributed by atoms with E-state index in [0.29, 0.717) is 6.54 Å². The van der Waals surface area contributed by atoms with Gasteiger partial charge < -0.3 is 15.4 Å². The van der Waals surface area contributed by atoms with E-state index in [1.165, 1.54) is 16.0 Å². The average Bonchev–Trinajstić information content (AvgIpc) is 3.28. The van der Waals surface area contributed by atoms with Crippen LogP contribution in [0.25, 0.3) is 0 Å². The van der Waals surface area contributed by atoms with Crippen LogP contribution < -0.4 is 15.4 Å². The highest BCUT2D eigenvalue weighted by molar-refractivity contribution is 7.10. The smallest absolute Gasteiger partial charge is 0.315 e. The fourth-order valence-corrected chi connectivity index (χ4v) is 4.86. The number of rotatable bonds is 5. The molecule has 0 aliphatic heterocycles. The molecule has 25 heavy (non-hydrogen) atoms. The van der Waals surface area contributed by atoms with Crippen LogP contribution in [0.3, 0.4) is 0 Å². The van der Waals surface area contributed by atoms with Gasteiger partial charge in [-0.15, -0.1) is 11.3 Å². The lowest BCUT2D eigenvalue weighted by Crippen LogP contribution is -2.42. The van der Waals surface area contributed by atoms with Crippen LogP contribution >= 0.6 is 11.3 Å². The number of hydrogen-bond acceptors (Lipinski definition) is 3. The van der Waals surface area contributed by atoms with Gasteiger partial charge in [0.05, 0.1) is 13.2 Å². The summed E-state index contributed by atoms with van der Waals surface area (Å²) in [5, 5.41) is 8.40. The SMILES string of the molecule is COc1ccccc1C1(CNC(=O)NC2CCCc3sccc32)CC1. The number of aryl methyl sites for hydroxylation is 1. The number of fused-ring (bicyclic) bond motifs is 1. The van der Waals surface area contributed by atoms with Crippen LogP contribution in [-0.4, -0.2) is 19.7 Å². The number of thiophene rings is 1. The number of ether oxygens (including phenoxy) is 1. The Morgan fingerprint density at radius 1 is 1.32 bits per heavy atom. The fourth-order valence-electron chi connectivity index (χ4n) is 3.87. The van der Waals surface area contributed by atoms with Gasteiger partial charge in [-0.3, -0.25) is 0 Å². The van der Waals surface area contributed by atoms with E-state index in [-0.39, 0.29) is 17.5 Å². The van der Waals surface area contributed by atoms with Gasteiger partial charge in [-0.2, -0.15) is 0 Å². The van der Waals surface area contributed by atoms with Gasteiger partial charge in [-0.25, -0.2) is 4.79 Å². The fraction of sp³-hybridized carbons (Fsp3) is 0.450. The van der Waals surface area contributed by atoms with E-state index in [1.54, 1.807) is 18.4 Å². The number of carbonyl (C=O) groups is 1. The van der Waals surface area contributed by atoms with E-state index in [0.717, 1.165) is 37.9 Å². The van der Waals surface area contributed by atoms with Gasteiger partial charge in [0.25, 0.3) is 0 Å². The summed E-state index contributed by atoms with van der Waals surface area (Å²) in [4.78, 5) is 13.9. The molecule has 1 heterocycles. The maximum atomic E-state index is 12.5. The summed E-state index contributed by atoms with van der Waals surface area (Å²) in [5.41, 5.74) is 2.54. The molecule has 1 fully saturated rings. The van der Waals surface area contributed by atoms with Crippen molar-refractivity contribution in [3.05, 3.63) is 51.7 Å². The number of benzene rings is 1. The summed E-state index contributed by atoms with van der Waals surface area (Å²) >= 11 is 1.80. The molecule has 0 bridgehead atoms. The minimum Gasteiger partial charge on any atom is -0.496 e. The molecule has 0 spiro atoms. The molecule has 1 atom stereocenters. The number of nitrogens with one attached hydrogen (secondary N) is 2. The summed E-state index contributed by atoms with van der Waals surface area (Å²) in [6.45, 7) is 0.655. The number of methoxy groups -OCH3 is 1. The van der Waals surface area contributed by atoms with Crippen molar-refractivity contribution in [2.24, 2.45) is 0 Å². The Balaban J connectivity index is 1.38. The molecular formula is C20H24N2O2S. The summed E-state index contributed by atoms with van der Waals surface area (Å²) in [7, 11) is 1.70. The molecule has 5 heteroatoms. The second-order valence-corrected chi connectivity index (χ2v) is 8.05. The average molecular weight is 356 g/mol. The maximum Gasteiger partial charge on any atom is 0.315 e. The molecule has 0 radical (unpaired) electrons. The van der Waals surface area contributed by atoms with E-state index in [4.69, 9.17) is 4.74 Å². The lowest BCUT2D eigenvalue weighted by atomic mass is 9.94. The first-order valence-electron chi connectivity index (χ1n) is 8.96. The third-order valence-electron chi connectivity index (χ3n) is 5.48. The topological polar surface area (TPSA) is 50.4 Å². The van der Waals surface area contributed by atoms with E-state index >= 15 is 0 Å². The second-order valence-electron chi connectivity index (χ2n) is 7.05. The number of para-hydroxylation sites is 1. The number of carbonyl (C=O) groups excluding carboxylic acids is 1. The van der Waals surface area contributed by atoms with Gasteiger partial charge >= 0.3 is 6.03 Å². The summed E-state index contributed by atoms with van der Waals surface area (Å²) in [6, 6.07) is 10.4. The zero-order chi connectivity index (χ0) is 17.3. The van der Waals surface area contributed by atoms with Crippen LogP contribution in [-0.2, 0) is 11.8 Å². The molecule has 132 valence electrons. The molecule has 4 nitrogen and oxygen atoms in total. The number of urea groups is 1. The molecule has 2 aliphatic carbocycles. The highest BCUT2D eigenvalue weighted by Gasteiger charge is 2.46. The lowest BCUT2D eigenvalue weighted by Gasteiger charge is -2.25. The molecule has 1 aromatic carbocycles. The van der Waals surface area contributed by atoms with Crippen molar-refractivity contribution in [1.29, 1.82) is 0 Å². The van der Waals surface area contributed by atoms with Crippen LogP contribution in [0.2, 0.25) is 0 Å². The zero-order valence-corrected chi connectivity index (χ0v) is 15.3. The molecule has 1 unspecified atom stereocenters. The van der Waals surface area contributed by atoms with Crippen LogP contribution in [0.15, 0.2) is 35.7 Å². The van der Waals surface area contributed by atoms with E-state index in [9.17, 15) is 4.79 Å². The van der Waals surface area contributed by atoms with Crippen LogP contribution in [0.5, 0.6) is 5.75 Å². The van der Waals surface area contributed by atoms with Crippen molar-refractivity contribution in [2.75, 3.05) is 13.7 Å². The molecule has 1 aromatic heterocycles. The van der Waals surface area contributed by atoms with Crippen LogP contribution in [0.1, 0.15) is 47.7 Å². The Labute approximate surface area is 152 Å². The van der Waals surface area contributed by atoms with Crippen molar-refractivity contribution >= 4 is 17.4 Å². The number of amides is 2. The second kappa shape index (κ2) is 6.71. The van der Waals surface area contributed by atoms with E-state index in [1.807, 2.05) is 18.2 Å². The quantitative estimate of drug-likeness (QED) is 0.845. The minimum absolute atomic E-state index is 0.0318. The van der Waals surface area contributed by atoms with Gasteiger partial charge in [0, 0.05) is 22.4 Å². The summed E-state index contributed by atoms with van der Waals surface area (Å²) < 4.78 is 5.50. The molecule has 2 N–H and O–H groups in total. The Morgan fingerprint density at radius 3 is 2.96 bits per heavy atom. The van der Waals surface area contributed by atoms with Crippen molar-refractivity contribution in [1.82, 2.24) is 10.6 Å². The number of hydrogen-bond donors (Lipinski definition) is 2. The normalized spacial score (nSPS) is 20.4. The first kappa shape index (κ1) is 16.5. The van der Waals surface area contributed by atoms with Crippen molar-refractivity contribution in [2.45, 2.75) is 43.6 Å². The zero-order valence-electron chi connectivity index (χ0n) is 14.5. The largest absolute Gasteiger partial charge is 0.496 e. The molecule has 0 saturated heterocycles. The van der Waals surface area contributed by atoms with Crippen LogP contribution in [0.4, 0.5) is 4.79 Å². The van der Waals surface area contributed by atoms with Gasteiger partial charge in [0.2, 0.25) is 0 Å². The summed E-state index contributed by atoms with van der Waals surface area (Å²) in [5.74, 6) is 0.914.